The molecule has 0 saturated heterocycles. The molecule has 0 aliphatic heterocycles. The third-order valence-electron chi connectivity index (χ3n) is 2.97. The van der Waals surface area contributed by atoms with E-state index in [0.717, 1.165) is 4.57 Å². The third kappa shape index (κ3) is 3.95. The quantitative estimate of drug-likeness (QED) is 0.825. The fraction of sp³-hybridized carbons (Fsp3) is 0.400. The van der Waals surface area contributed by atoms with Gasteiger partial charge in [-0.3, -0.25) is 4.57 Å². The molecule has 0 unspecified atom stereocenters. The van der Waals surface area contributed by atoms with Gasteiger partial charge in [-0.2, -0.15) is 0 Å². The van der Waals surface area contributed by atoms with Gasteiger partial charge in [0.05, 0.1) is 17.1 Å². The molecule has 0 fully saturated rings. The molecular weight excluding hydrogens is 321 g/mol. The fourth-order valence-electron chi connectivity index (χ4n) is 2.03. The topological polar surface area (TPSA) is 76.1 Å². The zero-order chi connectivity index (χ0) is 17.4. The van der Waals surface area contributed by atoms with E-state index in [1.807, 2.05) is 0 Å². The zero-order valence-corrected chi connectivity index (χ0v) is 14.1. The molecule has 0 spiro atoms. The SMILES string of the molecule is C[C@@H](NC(=O)OC(C)(C)C)C(=S)n1c(=O)[nH]c2ccc(F)cc21. The minimum Gasteiger partial charge on any atom is -0.444 e. The Labute approximate surface area is 137 Å². The zero-order valence-electron chi connectivity index (χ0n) is 13.3. The summed E-state index contributed by atoms with van der Waals surface area (Å²) in [4.78, 5) is 26.6. The van der Waals surface area contributed by atoms with Crippen molar-refractivity contribution < 1.29 is 13.9 Å². The minimum atomic E-state index is -0.653. The summed E-state index contributed by atoms with van der Waals surface area (Å²) in [6, 6.07) is 3.25. The number of alkyl carbamates (subject to hydrolysis) is 1. The molecule has 0 aliphatic carbocycles. The first-order valence-electron chi connectivity index (χ1n) is 7.02. The molecule has 2 rings (SSSR count). The number of nitrogens with one attached hydrogen (secondary N) is 2. The summed E-state index contributed by atoms with van der Waals surface area (Å²) in [5.41, 5.74) is -0.360. The smallest absolute Gasteiger partial charge is 0.408 e. The van der Waals surface area contributed by atoms with Crippen molar-refractivity contribution in [1.82, 2.24) is 14.9 Å². The van der Waals surface area contributed by atoms with E-state index < -0.39 is 29.2 Å². The van der Waals surface area contributed by atoms with E-state index in [9.17, 15) is 14.0 Å². The number of rotatable bonds is 2. The second kappa shape index (κ2) is 6.11. The van der Waals surface area contributed by atoms with E-state index in [1.165, 1.54) is 18.2 Å². The van der Waals surface area contributed by atoms with E-state index >= 15 is 0 Å². The summed E-state index contributed by atoms with van der Waals surface area (Å²) in [7, 11) is 0. The Morgan fingerprint density at radius 1 is 1.43 bits per heavy atom. The van der Waals surface area contributed by atoms with Crippen molar-refractivity contribution in [1.29, 1.82) is 0 Å². The van der Waals surface area contributed by atoms with Crippen LogP contribution in [-0.2, 0) is 4.74 Å². The van der Waals surface area contributed by atoms with E-state index in [1.54, 1.807) is 27.7 Å². The Hall–Kier alpha value is -2.22. The highest BCUT2D eigenvalue weighted by Crippen LogP contribution is 2.13. The molecule has 2 N–H and O–H groups in total. The van der Waals surface area contributed by atoms with Gasteiger partial charge in [0.2, 0.25) is 0 Å². The maximum Gasteiger partial charge on any atom is 0.408 e. The number of aromatic amines is 1. The summed E-state index contributed by atoms with van der Waals surface area (Å²) >= 11 is 5.27. The first-order valence-corrected chi connectivity index (χ1v) is 7.43. The molecule has 1 heterocycles. The largest absolute Gasteiger partial charge is 0.444 e. The van der Waals surface area contributed by atoms with E-state index in [0.29, 0.717) is 11.0 Å². The fourth-order valence-corrected chi connectivity index (χ4v) is 2.27. The van der Waals surface area contributed by atoms with Crippen molar-refractivity contribution in [3.8, 4) is 0 Å². The van der Waals surface area contributed by atoms with E-state index in [2.05, 4.69) is 10.3 Å². The number of benzene rings is 1. The second-order valence-corrected chi connectivity index (χ2v) is 6.55. The lowest BCUT2D eigenvalue weighted by Crippen LogP contribution is -2.44. The van der Waals surface area contributed by atoms with E-state index in [4.69, 9.17) is 17.0 Å². The number of fused-ring (bicyclic) bond motifs is 1. The first-order chi connectivity index (χ1) is 10.6. The van der Waals surface area contributed by atoms with Crippen molar-refractivity contribution in [3.63, 3.8) is 0 Å². The first kappa shape index (κ1) is 17.1. The van der Waals surface area contributed by atoms with Gasteiger partial charge in [0.25, 0.3) is 0 Å². The molecule has 8 heteroatoms. The molecule has 0 bridgehead atoms. The molecule has 6 nitrogen and oxygen atoms in total. The maximum absolute atomic E-state index is 13.4. The van der Waals surface area contributed by atoms with Crippen LogP contribution in [0.1, 0.15) is 27.7 Å². The number of halogens is 1. The van der Waals surface area contributed by atoms with Crippen LogP contribution in [0.3, 0.4) is 0 Å². The Bertz CT molecular complexity index is 819. The second-order valence-electron chi connectivity index (χ2n) is 6.13. The average Bonchev–Trinajstić information content (AvgIpc) is 2.70. The van der Waals surface area contributed by atoms with Crippen molar-refractivity contribution >= 4 is 34.3 Å². The molecule has 23 heavy (non-hydrogen) atoms. The van der Waals surface area contributed by atoms with Crippen LogP contribution in [0.2, 0.25) is 0 Å². The lowest BCUT2D eigenvalue weighted by Gasteiger charge is -2.22. The van der Waals surface area contributed by atoms with Crippen LogP contribution in [0.15, 0.2) is 23.0 Å². The van der Waals surface area contributed by atoms with Crippen molar-refractivity contribution in [2.24, 2.45) is 0 Å². The Morgan fingerprint density at radius 2 is 2.09 bits per heavy atom. The number of aromatic nitrogens is 2. The van der Waals surface area contributed by atoms with Crippen LogP contribution >= 0.6 is 12.2 Å². The summed E-state index contributed by atoms with van der Waals surface area (Å²) in [5.74, 6) is -0.485. The number of carbonyl (C=O) groups excluding carboxylic acids is 1. The molecule has 1 amide bonds. The van der Waals surface area contributed by atoms with Crippen LogP contribution in [0.4, 0.5) is 9.18 Å². The molecule has 0 radical (unpaired) electrons. The molecule has 1 atom stereocenters. The number of amides is 1. The number of hydrogen-bond donors (Lipinski definition) is 2. The predicted molar refractivity (Wildman–Crippen MR) is 89.3 cm³/mol. The molecule has 1 aromatic heterocycles. The van der Waals surface area contributed by atoms with Crippen molar-refractivity contribution in [2.75, 3.05) is 0 Å². The lowest BCUT2D eigenvalue weighted by atomic mass is 10.2. The molecular formula is C15H18FN3O3S. The highest BCUT2D eigenvalue weighted by molar-refractivity contribution is 7.80. The van der Waals surface area contributed by atoms with Crippen LogP contribution in [0, 0.1) is 5.82 Å². The molecule has 0 saturated carbocycles. The van der Waals surface area contributed by atoms with Crippen LogP contribution in [0.5, 0.6) is 0 Å². The molecule has 0 aliphatic rings. The van der Waals surface area contributed by atoms with Gasteiger partial charge >= 0.3 is 11.8 Å². The number of nitrogens with zero attached hydrogens (tertiary/aromatic N) is 1. The van der Waals surface area contributed by atoms with Gasteiger partial charge < -0.3 is 15.0 Å². The number of thiocarbonyl (C=S) groups is 1. The van der Waals surface area contributed by atoms with Crippen LogP contribution < -0.4 is 11.0 Å². The Morgan fingerprint density at radius 3 is 2.70 bits per heavy atom. The number of imidazole rings is 1. The number of hydrogen-bond acceptors (Lipinski definition) is 4. The van der Waals surface area contributed by atoms with Crippen molar-refractivity contribution in [3.05, 3.63) is 34.5 Å². The number of H-pyrrole nitrogens is 1. The average molecular weight is 339 g/mol. The van der Waals surface area contributed by atoms with Gasteiger partial charge in [0.1, 0.15) is 16.4 Å². The summed E-state index contributed by atoms with van der Waals surface area (Å²) in [6.07, 6.45) is -0.647. The van der Waals surface area contributed by atoms with Crippen LogP contribution in [-0.4, -0.2) is 32.3 Å². The monoisotopic (exact) mass is 339 g/mol. The Balaban J connectivity index is 2.27. The van der Waals surface area contributed by atoms with Crippen molar-refractivity contribution in [2.45, 2.75) is 39.3 Å². The highest BCUT2D eigenvalue weighted by Gasteiger charge is 2.22. The number of carbonyl (C=O) groups is 1. The summed E-state index contributed by atoms with van der Waals surface area (Å²) < 4.78 is 19.7. The third-order valence-corrected chi connectivity index (χ3v) is 3.51. The highest BCUT2D eigenvalue weighted by atomic mass is 32.1. The normalized spacial score (nSPS) is 12.9. The van der Waals surface area contributed by atoms with Gasteiger partial charge in [-0.1, -0.05) is 12.2 Å². The maximum atomic E-state index is 13.4. The molecule has 124 valence electrons. The number of ether oxygens (including phenoxy) is 1. The van der Waals surface area contributed by atoms with Gasteiger partial charge in [-0.05, 0) is 39.8 Å². The van der Waals surface area contributed by atoms with Gasteiger partial charge in [0.15, 0.2) is 0 Å². The van der Waals surface area contributed by atoms with Gasteiger partial charge in [-0.25, -0.2) is 14.0 Å². The predicted octanol–water partition coefficient (Wildman–Crippen LogP) is 2.56. The van der Waals surface area contributed by atoms with Gasteiger partial charge in [-0.15, -0.1) is 0 Å². The van der Waals surface area contributed by atoms with E-state index in [-0.39, 0.29) is 4.99 Å². The lowest BCUT2D eigenvalue weighted by molar-refractivity contribution is 0.0521. The summed E-state index contributed by atoms with van der Waals surface area (Å²) in [5, 5.41) is 2.56. The van der Waals surface area contributed by atoms with Gasteiger partial charge in [0, 0.05) is 6.07 Å². The minimum absolute atomic E-state index is 0.137. The standard InChI is InChI=1S/C15H18FN3O3S/c1-8(17-14(21)22-15(2,3)4)12(23)19-11-7-9(16)5-6-10(11)18-13(19)20/h5-8H,1-4H3,(H,17,21)(H,18,20)/t8-/m1/s1. The Kier molecular flexibility index (Phi) is 4.56. The summed E-state index contributed by atoms with van der Waals surface area (Å²) in [6.45, 7) is 6.84. The van der Waals surface area contributed by atoms with Crippen LogP contribution in [0.25, 0.3) is 11.0 Å². The molecule has 1 aromatic carbocycles. The molecule has 2 aromatic rings.